The van der Waals surface area contributed by atoms with Crippen LogP contribution in [-0.2, 0) is 9.53 Å². The first-order valence-corrected chi connectivity index (χ1v) is 8.22. The van der Waals surface area contributed by atoms with Crippen LogP contribution in [0.5, 0.6) is 0 Å². The number of nitrogens with one attached hydrogen (secondary N) is 1. The van der Waals surface area contributed by atoms with E-state index >= 15 is 0 Å². The SMILES string of the molecule is Cc1[nH]c2ccccc2c1C(=O)[C@@H](C)OC(=O)/C=C/c1ccccc1F. The summed E-state index contributed by atoms with van der Waals surface area (Å²) in [5.74, 6) is -1.42. The summed E-state index contributed by atoms with van der Waals surface area (Å²) in [4.78, 5) is 27.8. The van der Waals surface area contributed by atoms with E-state index in [-0.39, 0.29) is 11.3 Å². The van der Waals surface area contributed by atoms with Crippen molar-refractivity contribution in [1.29, 1.82) is 0 Å². The summed E-state index contributed by atoms with van der Waals surface area (Å²) in [5.41, 5.74) is 2.36. The lowest BCUT2D eigenvalue weighted by atomic mass is 10.0. The zero-order valence-electron chi connectivity index (χ0n) is 14.5. The number of hydrogen-bond donors (Lipinski definition) is 1. The first kappa shape index (κ1) is 17.6. The largest absolute Gasteiger partial charge is 0.451 e. The number of aromatic nitrogens is 1. The van der Waals surface area contributed by atoms with Crippen LogP contribution in [0.2, 0.25) is 0 Å². The van der Waals surface area contributed by atoms with Gasteiger partial charge in [0, 0.05) is 33.8 Å². The molecule has 1 aromatic heterocycles. The Hall–Kier alpha value is -3.21. The number of hydrogen-bond acceptors (Lipinski definition) is 3. The van der Waals surface area contributed by atoms with E-state index in [0.29, 0.717) is 5.56 Å². The minimum absolute atomic E-state index is 0.274. The molecule has 0 saturated carbocycles. The van der Waals surface area contributed by atoms with Gasteiger partial charge in [-0.15, -0.1) is 0 Å². The molecule has 3 rings (SSSR count). The molecule has 2 aromatic carbocycles. The first-order chi connectivity index (χ1) is 12.5. The van der Waals surface area contributed by atoms with Crippen molar-refractivity contribution >= 4 is 28.7 Å². The molecular formula is C21H18FNO3. The lowest BCUT2D eigenvalue weighted by Gasteiger charge is -2.11. The molecule has 0 saturated heterocycles. The maximum Gasteiger partial charge on any atom is 0.331 e. The van der Waals surface area contributed by atoms with Gasteiger partial charge in [0.2, 0.25) is 5.78 Å². The smallest absolute Gasteiger partial charge is 0.331 e. The summed E-state index contributed by atoms with van der Waals surface area (Å²) in [5, 5.41) is 0.791. The van der Waals surface area contributed by atoms with Crippen molar-refractivity contribution in [3.63, 3.8) is 0 Å². The third-order valence-electron chi connectivity index (χ3n) is 4.11. The predicted octanol–water partition coefficient (Wildman–Crippen LogP) is 4.44. The van der Waals surface area contributed by atoms with Gasteiger partial charge in [-0.3, -0.25) is 4.79 Å². The molecular weight excluding hydrogens is 333 g/mol. The number of rotatable bonds is 5. The summed E-state index contributed by atoms with van der Waals surface area (Å²) in [6.45, 7) is 3.33. The van der Waals surface area contributed by atoms with Crippen LogP contribution >= 0.6 is 0 Å². The van der Waals surface area contributed by atoms with Crippen LogP contribution in [0, 0.1) is 12.7 Å². The zero-order valence-corrected chi connectivity index (χ0v) is 14.5. The normalized spacial score (nSPS) is 12.4. The molecule has 0 aliphatic rings. The molecule has 3 aromatic rings. The highest BCUT2D eigenvalue weighted by Crippen LogP contribution is 2.23. The monoisotopic (exact) mass is 351 g/mol. The van der Waals surface area contributed by atoms with Gasteiger partial charge in [0.25, 0.3) is 0 Å². The topological polar surface area (TPSA) is 59.2 Å². The van der Waals surface area contributed by atoms with Crippen LogP contribution < -0.4 is 0 Å². The molecule has 0 unspecified atom stereocenters. The average molecular weight is 351 g/mol. The van der Waals surface area contributed by atoms with E-state index in [1.54, 1.807) is 25.1 Å². The fraction of sp³-hybridized carbons (Fsp3) is 0.143. The number of aryl methyl sites for hydroxylation is 1. The van der Waals surface area contributed by atoms with E-state index in [4.69, 9.17) is 4.74 Å². The molecule has 0 aliphatic carbocycles. The second-order valence-electron chi connectivity index (χ2n) is 5.97. The molecule has 1 heterocycles. The van der Waals surface area contributed by atoms with Crippen LogP contribution in [0.4, 0.5) is 4.39 Å². The van der Waals surface area contributed by atoms with E-state index in [1.807, 2.05) is 24.3 Å². The van der Waals surface area contributed by atoms with E-state index in [1.165, 1.54) is 19.1 Å². The van der Waals surface area contributed by atoms with Crippen LogP contribution in [0.15, 0.2) is 54.6 Å². The maximum atomic E-state index is 13.5. The van der Waals surface area contributed by atoms with E-state index in [0.717, 1.165) is 22.7 Å². The summed E-state index contributed by atoms with van der Waals surface area (Å²) in [7, 11) is 0. The quantitative estimate of drug-likeness (QED) is 0.420. The predicted molar refractivity (Wildman–Crippen MR) is 98.4 cm³/mol. The fourth-order valence-electron chi connectivity index (χ4n) is 2.83. The molecule has 0 fully saturated rings. The number of halogens is 1. The number of Topliss-reactive ketones (excluding diaryl/α,β-unsaturated/α-hetero) is 1. The number of ketones is 1. The third-order valence-corrected chi connectivity index (χ3v) is 4.11. The summed E-state index contributed by atoms with van der Waals surface area (Å²) >= 11 is 0. The van der Waals surface area contributed by atoms with Crippen molar-refractivity contribution in [3.05, 3.63) is 77.2 Å². The number of H-pyrrole nitrogens is 1. The van der Waals surface area contributed by atoms with E-state index in [9.17, 15) is 14.0 Å². The van der Waals surface area contributed by atoms with Crippen LogP contribution in [0.25, 0.3) is 17.0 Å². The van der Waals surface area contributed by atoms with E-state index in [2.05, 4.69) is 4.98 Å². The van der Waals surface area contributed by atoms with Gasteiger partial charge in [-0.05, 0) is 32.1 Å². The second kappa shape index (κ2) is 7.35. The highest BCUT2D eigenvalue weighted by atomic mass is 19.1. The molecule has 1 atom stereocenters. The number of ether oxygens (including phenoxy) is 1. The highest BCUT2D eigenvalue weighted by molar-refractivity contribution is 6.11. The Labute approximate surface area is 150 Å². The van der Waals surface area contributed by atoms with Gasteiger partial charge < -0.3 is 9.72 Å². The molecule has 0 radical (unpaired) electrons. The molecule has 132 valence electrons. The molecule has 0 amide bonds. The van der Waals surface area contributed by atoms with Gasteiger partial charge in [-0.1, -0.05) is 36.4 Å². The summed E-state index contributed by atoms with van der Waals surface area (Å²) < 4.78 is 18.7. The second-order valence-corrected chi connectivity index (χ2v) is 5.97. The number of fused-ring (bicyclic) bond motifs is 1. The third kappa shape index (κ3) is 3.57. The lowest BCUT2D eigenvalue weighted by molar-refractivity contribution is -0.140. The molecule has 5 heteroatoms. The van der Waals surface area contributed by atoms with Crippen molar-refractivity contribution in [2.24, 2.45) is 0 Å². The Bertz CT molecular complexity index is 1000. The standard InChI is InChI=1S/C21H18FNO3/c1-13-20(16-8-4-6-10-18(16)23-13)21(25)14(2)26-19(24)12-11-15-7-3-5-9-17(15)22/h3-12,14,23H,1-2H3/b12-11+/t14-/m1/s1. The van der Waals surface area contributed by atoms with Gasteiger partial charge in [-0.2, -0.15) is 0 Å². The number of para-hydroxylation sites is 1. The summed E-state index contributed by atoms with van der Waals surface area (Å²) in [6, 6.07) is 13.5. The highest BCUT2D eigenvalue weighted by Gasteiger charge is 2.23. The number of carbonyl (C=O) groups is 2. The van der Waals surface area contributed by atoms with Gasteiger partial charge in [0.15, 0.2) is 6.10 Å². The molecule has 1 N–H and O–H groups in total. The Morgan fingerprint density at radius 3 is 2.58 bits per heavy atom. The van der Waals surface area contributed by atoms with Crippen molar-refractivity contribution < 1.29 is 18.7 Å². The Morgan fingerprint density at radius 1 is 1.12 bits per heavy atom. The first-order valence-electron chi connectivity index (χ1n) is 8.22. The minimum atomic E-state index is -0.953. The van der Waals surface area contributed by atoms with Gasteiger partial charge in [0.1, 0.15) is 5.82 Å². The van der Waals surface area contributed by atoms with Crippen molar-refractivity contribution in [1.82, 2.24) is 4.98 Å². The van der Waals surface area contributed by atoms with Gasteiger partial charge in [0.05, 0.1) is 0 Å². The Kier molecular flexibility index (Phi) is 4.98. The number of carbonyl (C=O) groups excluding carboxylic acids is 2. The minimum Gasteiger partial charge on any atom is -0.451 e. The Morgan fingerprint density at radius 2 is 1.81 bits per heavy atom. The van der Waals surface area contributed by atoms with Gasteiger partial charge in [-0.25, -0.2) is 9.18 Å². The lowest BCUT2D eigenvalue weighted by Crippen LogP contribution is -2.24. The number of benzene rings is 2. The van der Waals surface area contributed by atoms with Gasteiger partial charge >= 0.3 is 5.97 Å². The molecule has 0 bridgehead atoms. The van der Waals surface area contributed by atoms with Crippen molar-refractivity contribution in [2.45, 2.75) is 20.0 Å². The van der Waals surface area contributed by atoms with E-state index < -0.39 is 17.9 Å². The van der Waals surface area contributed by atoms with Crippen LogP contribution in [0.1, 0.15) is 28.5 Å². The number of aromatic amines is 1. The average Bonchev–Trinajstić information content (AvgIpc) is 2.96. The number of esters is 1. The Balaban J connectivity index is 1.74. The molecule has 26 heavy (non-hydrogen) atoms. The molecule has 0 aliphatic heterocycles. The van der Waals surface area contributed by atoms with Crippen molar-refractivity contribution in [2.75, 3.05) is 0 Å². The van der Waals surface area contributed by atoms with Crippen LogP contribution in [0.3, 0.4) is 0 Å². The fourth-order valence-corrected chi connectivity index (χ4v) is 2.83. The summed E-state index contributed by atoms with van der Waals surface area (Å²) in [6.07, 6.45) is 1.49. The molecule has 0 spiro atoms. The molecule has 4 nitrogen and oxygen atoms in total. The zero-order chi connectivity index (χ0) is 18.7. The maximum absolute atomic E-state index is 13.5. The van der Waals surface area contributed by atoms with Crippen molar-refractivity contribution in [3.8, 4) is 0 Å². The van der Waals surface area contributed by atoms with Crippen LogP contribution in [-0.4, -0.2) is 22.8 Å².